The Morgan fingerprint density at radius 3 is 1.74 bits per heavy atom. The third-order valence-corrected chi connectivity index (χ3v) is 10.3. The average Bonchev–Trinajstić information content (AvgIpc) is 3.56. The highest BCUT2D eigenvalue weighted by Gasteiger charge is 2.50. The Balaban J connectivity index is 3.83. The number of hydrogen-bond acceptors (Lipinski definition) is 13. The van der Waals surface area contributed by atoms with Gasteiger partial charge in [-0.15, -0.1) is 0 Å². The number of methoxy groups -OCH3 is 1. The lowest BCUT2D eigenvalue weighted by molar-refractivity contribution is -0.168. The summed E-state index contributed by atoms with van der Waals surface area (Å²) < 4.78 is 27.2. The first kappa shape index (κ1) is 51.3. The number of hydrogen-bond donors (Lipinski definition) is 2. The number of aliphatic hydroxyl groups excluding tert-OH is 1. The molecule has 57 heavy (non-hydrogen) atoms. The van der Waals surface area contributed by atoms with Crippen molar-refractivity contribution in [1.29, 1.82) is 0 Å². The maximum atomic E-state index is 14.3. The van der Waals surface area contributed by atoms with Crippen LogP contribution in [0.2, 0.25) is 0 Å². The van der Waals surface area contributed by atoms with Gasteiger partial charge in [-0.25, -0.2) is 0 Å². The summed E-state index contributed by atoms with van der Waals surface area (Å²) in [5.74, 6) is -8.54. The molecule has 1 aliphatic heterocycles. The summed E-state index contributed by atoms with van der Waals surface area (Å²) in [4.78, 5) is 95.9. The van der Waals surface area contributed by atoms with Gasteiger partial charge in [-0.3, -0.25) is 33.6 Å². The summed E-state index contributed by atoms with van der Waals surface area (Å²) in [6, 6.07) is -0.891. The first-order valence-electron chi connectivity index (χ1n) is 20.2. The monoisotopic (exact) mass is 813 g/mol. The quantitative estimate of drug-likeness (QED) is 0.0847. The number of ether oxygens (including phenoxy) is 5. The number of carboxylic acids is 1. The van der Waals surface area contributed by atoms with Gasteiger partial charge in [0.25, 0.3) is 0 Å². The second kappa shape index (κ2) is 23.0. The predicted octanol–water partition coefficient (Wildman–Crippen LogP) is 5.23. The van der Waals surface area contributed by atoms with E-state index in [0.717, 1.165) is 7.11 Å². The molecular formula is C42H71NO14. The lowest BCUT2D eigenvalue weighted by Gasteiger charge is -2.40. The lowest BCUT2D eigenvalue weighted by atomic mass is 9.68. The molecular weight excluding hydrogens is 742 g/mol. The zero-order chi connectivity index (χ0) is 43.9. The minimum atomic E-state index is -1.55. The van der Waals surface area contributed by atoms with Gasteiger partial charge in [0.2, 0.25) is 5.91 Å². The van der Waals surface area contributed by atoms with Crippen LogP contribution >= 0.6 is 0 Å². The Bertz CT molecular complexity index is 1380. The van der Waals surface area contributed by atoms with Crippen molar-refractivity contribution in [2.24, 2.45) is 51.8 Å². The molecule has 15 nitrogen and oxygen atoms in total. The highest BCUT2D eigenvalue weighted by atomic mass is 16.6. The van der Waals surface area contributed by atoms with E-state index in [1.807, 2.05) is 41.5 Å². The Hall–Kier alpha value is -3.75. The molecule has 0 aromatic rings. The van der Waals surface area contributed by atoms with E-state index < -0.39 is 82.5 Å². The Morgan fingerprint density at radius 2 is 1.26 bits per heavy atom. The van der Waals surface area contributed by atoms with Gasteiger partial charge in [-0.2, -0.15) is 0 Å². The fraction of sp³-hybridized carbons (Fsp3) is 0.833. The van der Waals surface area contributed by atoms with Gasteiger partial charge in [-0.1, -0.05) is 48.5 Å². The molecule has 0 spiro atoms. The number of nitrogens with zero attached hydrogens (tertiary/aromatic N) is 1. The molecule has 1 saturated heterocycles. The fourth-order valence-corrected chi connectivity index (χ4v) is 7.41. The van der Waals surface area contributed by atoms with E-state index in [1.165, 1.54) is 6.92 Å². The third-order valence-electron chi connectivity index (χ3n) is 10.3. The number of aliphatic hydroxyl groups is 1. The van der Waals surface area contributed by atoms with Gasteiger partial charge in [0.15, 0.2) is 0 Å². The molecule has 0 aliphatic carbocycles. The minimum absolute atomic E-state index is 0.0221. The minimum Gasteiger partial charge on any atom is -0.481 e. The maximum absolute atomic E-state index is 14.3. The van der Waals surface area contributed by atoms with E-state index in [2.05, 4.69) is 0 Å². The van der Waals surface area contributed by atoms with Gasteiger partial charge in [0.05, 0.1) is 67.5 Å². The normalized spacial score (nSPS) is 17.6. The van der Waals surface area contributed by atoms with E-state index in [9.17, 15) is 43.8 Å². The molecule has 0 saturated carbocycles. The number of carbonyl (C=O) groups excluding carboxylic acids is 6. The molecule has 328 valence electrons. The molecule has 1 fully saturated rings. The Labute approximate surface area is 339 Å². The van der Waals surface area contributed by atoms with Gasteiger partial charge in [0.1, 0.15) is 6.61 Å². The average molecular weight is 814 g/mol. The lowest BCUT2D eigenvalue weighted by Crippen LogP contribution is -2.47. The molecule has 1 heterocycles. The molecule has 1 rings (SSSR count). The van der Waals surface area contributed by atoms with Crippen molar-refractivity contribution in [3.05, 3.63) is 0 Å². The number of likely N-dealkylation sites (tertiary alicyclic amines) is 1. The van der Waals surface area contributed by atoms with Crippen molar-refractivity contribution in [1.82, 2.24) is 4.90 Å². The molecule has 1 aliphatic rings. The predicted molar refractivity (Wildman–Crippen MR) is 209 cm³/mol. The van der Waals surface area contributed by atoms with Crippen molar-refractivity contribution in [2.75, 3.05) is 46.7 Å². The topological polar surface area (TPSA) is 209 Å². The van der Waals surface area contributed by atoms with Gasteiger partial charge in [0, 0.05) is 19.0 Å². The molecule has 0 aromatic heterocycles. The van der Waals surface area contributed by atoms with Crippen molar-refractivity contribution in [3.63, 3.8) is 0 Å². The van der Waals surface area contributed by atoms with Crippen LogP contribution in [-0.2, 0) is 57.2 Å². The molecule has 2 N–H and O–H groups in total. The summed E-state index contributed by atoms with van der Waals surface area (Å²) >= 11 is 0. The van der Waals surface area contributed by atoms with E-state index in [0.29, 0.717) is 6.42 Å². The summed E-state index contributed by atoms with van der Waals surface area (Å²) in [6.45, 7) is 18.8. The van der Waals surface area contributed by atoms with Crippen LogP contribution in [0, 0.1) is 51.8 Å². The zero-order valence-corrected chi connectivity index (χ0v) is 36.5. The number of esters is 5. The Kier molecular flexibility index (Phi) is 20.7. The summed E-state index contributed by atoms with van der Waals surface area (Å²) in [7, 11) is 1.16. The summed E-state index contributed by atoms with van der Waals surface area (Å²) in [6.07, 6.45) is -0.358. The summed E-state index contributed by atoms with van der Waals surface area (Å²) in [5, 5.41) is 19.9. The first-order chi connectivity index (χ1) is 26.3. The standard InChI is InChI=1S/C42H71NO14/c1-26(2)22-55-35(48)29(7)32(36(49)56-23-27(3)4)21-41(10,39(52)57-24-28(5)6)20-31(43-15-13-14-33(43)45)18-30(34(46)47)19-42(11,38(51)53-12)25-40(8,9)37(50)54-17-16-44/h26-32,44H,13-25H2,1-12H3,(H,46,47). The molecule has 6 atom stereocenters. The second-order valence-electron chi connectivity index (χ2n) is 18.2. The fourth-order valence-electron chi connectivity index (χ4n) is 7.41. The van der Waals surface area contributed by atoms with E-state index in [1.54, 1.807) is 32.6 Å². The van der Waals surface area contributed by atoms with Crippen LogP contribution in [-0.4, -0.2) is 110 Å². The molecule has 1 amide bonds. The largest absolute Gasteiger partial charge is 0.481 e. The van der Waals surface area contributed by atoms with Crippen molar-refractivity contribution in [2.45, 2.75) is 127 Å². The number of carbonyl (C=O) groups is 7. The Morgan fingerprint density at radius 1 is 0.719 bits per heavy atom. The number of aliphatic carboxylic acids is 1. The van der Waals surface area contributed by atoms with Crippen LogP contribution in [0.1, 0.15) is 121 Å². The maximum Gasteiger partial charge on any atom is 0.311 e. The van der Waals surface area contributed by atoms with Crippen LogP contribution in [0.4, 0.5) is 0 Å². The number of rotatable bonds is 26. The van der Waals surface area contributed by atoms with Gasteiger partial charge in [-0.05, 0) is 84.0 Å². The molecule has 6 unspecified atom stereocenters. The smallest absolute Gasteiger partial charge is 0.311 e. The second-order valence-corrected chi connectivity index (χ2v) is 18.2. The van der Waals surface area contributed by atoms with E-state index >= 15 is 0 Å². The van der Waals surface area contributed by atoms with Crippen LogP contribution < -0.4 is 0 Å². The number of carboxylic acid groups (broad SMARTS) is 1. The van der Waals surface area contributed by atoms with Crippen molar-refractivity contribution in [3.8, 4) is 0 Å². The summed E-state index contributed by atoms with van der Waals surface area (Å²) in [5.41, 5.74) is -4.38. The SMILES string of the molecule is COC(=O)C(C)(CC(CC(CC(C)(CC(C(=O)OCC(C)C)C(C)C(=O)OCC(C)C)C(=O)OCC(C)C)N1CCCC1=O)C(=O)O)CC(C)(C)C(=O)OCCO. The molecule has 0 bridgehead atoms. The zero-order valence-electron chi connectivity index (χ0n) is 36.5. The van der Waals surface area contributed by atoms with Crippen LogP contribution in [0.15, 0.2) is 0 Å². The van der Waals surface area contributed by atoms with Crippen molar-refractivity contribution < 1.29 is 67.5 Å². The first-order valence-corrected chi connectivity index (χ1v) is 20.2. The molecule has 0 radical (unpaired) electrons. The number of amides is 1. The van der Waals surface area contributed by atoms with Gasteiger partial charge >= 0.3 is 35.8 Å². The van der Waals surface area contributed by atoms with E-state index in [-0.39, 0.29) is 95.2 Å². The van der Waals surface area contributed by atoms with Gasteiger partial charge < -0.3 is 38.8 Å². The van der Waals surface area contributed by atoms with Crippen LogP contribution in [0.3, 0.4) is 0 Å². The highest BCUT2D eigenvalue weighted by Crippen LogP contribution is 2.44. The third kappa shape index (κ3) is 16.2. The molecule has 15 heteroatoms. The van der Waals surface area contributed by atoms with Crippen LogP contribution in [0.5, 0.6) is 0 Å². The van der Waals surface area contributed by atoms with E-state index in [4.69, 9.17) is 23.7 Å². The van der Waals surface area contributed by atoms with Crippen LogP contribution in [0.25, 0.3) is 0 Å². The molecule has 0 aromatic carbocycles. The highest BCUT2D eigenvalue weighted by molar-refractivity contribution is 5.84. The van der Waals surface area contributed by atoms with Crippen molar-refractivity contribution >= 4 is 41.7 Å².